The summed E-state index contributed by atoms with van der Waals surface area (Å²) in [5.41, 5.74) is 9.26. The third-order valence-electron chi connectivity index (χ3n) is 4.19. The van der Waals surface area contributed by atoms with Gasteiger partial charge in [-0.1, -0.05) is 0 Å². The summed E-state index contributed by atoms with van der Waals surface area (Å²) in [6.45, 7) is 1.90. The molecule has 2 N–H and O–H groups in total. The van der Waals surface area contributed by atoms with Crippen LogP contribution in [0.15, 0.2) is 30.5 Å². The molecule has 2 fully saturated rings. The van der Waals surface area contributed by atoms with Crippen molar-refractivity contribution in [1.82, 2.24) is 4.98 Å². The zero-order valence-corrected chi connectivity index (χ0v) is 10.7. The van der Waals surface area contributed by atoms with Crippen LogP contribution in [0.3, 0.4) is 0 Å². The Kier molecular flexibility index (Phi) is 2.38. The van der Waals surface area contributed by atoms with Crippen LogP contribution in [-0.2, 0) is 4.74 Å². The van der Waals surface area contributed by atoms with E-state index in [4.69, 9.17) is 10.5 Å². The third-order valence-corrected chi connectivity index (χ3v) is 4.19. The first kappa shape index (κ1) is 11.1. The van der Waals surface area contributed by atoms with Crippen LogP contribution >= 0.6 is 0 Å². The highest BCUT2D eigenvalue weighted by Crippen LogP contribution is 2.35. The largest absolute Gasteiger partial charge is 0.396 e. The van der Waals surface area contributed by atoms with Crippen LogP contribution in [0.2, 0.25) is 0 Å². The predicted octanol–water partition coefficient (Wildman–Crippen LogP) is 2.18. The maximum absolute atomic E-state index is 6.34. The number of rotatable bonds is 1. The summed E-state index contributed by atoms with van der Waals surface area (Å²) in [4.78, 5) is 6.72. The van der Waals surface area contributed by atoms with Crippen LogP contribution in [0, 0.1) is 0 Å². The Morgan fingerprint density at radius 3 is 2.74 bits per heavy atom. The molecule has 2 aliphatic heterocycles. The van der Waals surface area contributed by atoms with Crippen molar-refractivity contribution in [2.75, 3.05) is 23.7 Å². The first-order valence-corrected chi connectivity index (χ1v) is 6.85. The summed E-state index contributed by atoms with van der Waals surface area (Å²) < 4.78 is 5.88. The van der Waals surface area contributed by atoms with Gasteiger partial charge in [0.15, 0.2) is 0 Å². The Bertz CT molecular complexity index is 616. The van der Waals surface area contributed by atoms with Gasteiger partial charge in [-0.2, -0.15) is 0 Å². The van der Waals surface area contributed by atoms with E-state index < -0.39 is 0 Å². The monoisotopic (exact) mass is 255 g/mol. The minimum atomic E-state index is 0.378. The van der Waals surface area contributed by atoms with Gasteiger partial charge >= 0.3 is 0 Å². The van der Waals surface area contributed by atoms with Gasteiger partial charge in [-0.15, -0.1) is 0 Å². The summed E-state index contributed by atoms with van der Waals surface area (Å²) in [6, 6.07) is 8.12. The predicted molar refractivity (Wildman–Crippen MR) is 76.3 cm³/mol. The maximum atomic E-state index is 6.34. The second-order valence-electron chi connectivity index (χ2n) is 5.43. The standard InChI is InChI=1S/C15H17N3O/c16-15-12-2-1-7-17-13(12)5-6-14(15)18-8-10-3-4-11(9-18)19-10/h1-2,5-7,10-11H,3-4,8-9,16H2. The third kappa shape index (κ3) is 1.75. The van der Waals surface area contributed by atoms with E-state index >= 15 is 0 Å². The smallest absolute Gasteiger partial charge is 0.0755 e. The van der Waals surface area contributed by atoms with Crippen molar-refractivity contribution in [2.24, 2.45) is 0 Å². The highest BCUT2D eigenvalue weighted by molar-refractivity contribution is 5.97. The number of anilines is 2. The van der Waals surface area contributed by atoms with Crippen LogP contribution in [0.4, 0.5) is 11.4 Å². The van der Waals surface area contributed by atoms with E-state index in [0.717, 1.165) is 35.4 Å². The van der Waals surface area contributed by atoms with E-state index in [9.17, 15) is 0 Å². The Morgan fingerprint density at radius 1 is 1.16 bits per heavy atom. The van der Waals surface area contributed by atoms with Gasteiger partial charge in [0.05, 0.1) is 29.1 Å². The highest BCUT2D eigenvalue weighted by atomic mass is 16.5. The van der Waals surface area contributed by atoms with Gasteiger partial charge in [0.1, 0.15) is 0 Å². The molecule has 98 valence electrons. The van der Waals surface area contributed by atoms with Crippen LogP contribution < -0.4 is 10.6 Å². The molecule has 2 atom stereocenters. The first-order valence-electron chi connectivity index (χ1n) is 6.85. The zero-order valence-electron chi connectivity index (χ0n) is 10.7. The minimum absolute atomic E-state index is 0.378. The molecule has 0 saturated carbocycles. The lowest BCUT2D eigenvalue weighted by Crippen LogP contribution is -2.42. The van der Waals surface area contributed by atoms with E-state index in [1.807, 2.05) is 12.1 Å². The SMILES string of the molecule is Nc1c(N2CC3CCC(C2)O3)ccc2ncccc12. The molecule has 4 heteroatoms. The summed E-state index contributed by atoms with van der Waals surface area (Å²) in [5.74, 6) is 0. The molecular weight excluding hydrogens is 238 g/mol. The average Bonchev–Trinajstić information content (AvgIpc) is 2.78. The van der Waals surface area contributed by atoms with Crippen LogP contribution in [0.25, 0.3) is 10.9 Å². The molecule has 19 heavy (non-hydrogen) atoms. The molecule has 2 aliphatic rings. The molecular formula is C15H17N3O. The molecule has 2 bridgehead atoms. The fourth-order valence-corrected chi connectivity index (χ4v) is 3.25. The number of morpholine rings is 1. The van der Waals surface area contributed by atoms with Crippen LogP contribution in [0.5, 0.6) is 0 Å². The van der Waals surface area contributed by atoms with E-state index in [1.165, 1.54) is 12.8 Å². The van der Waals surface area contributed by atoms with Crippen molar-refractivity contribution in [1.29, 1.82) is 0 Å². The van der Waals surface area contributed by atoms with Crippen LogP contribution in [-0.4, -0.2) is 30.3 Å². The van der Waals surface area contributed by atoms with Crippen molar-refractivity contribution in [3.63, 3.8) is 0 Å². The van der Waals surface area contributed by atoms with Gasteiger partial charge in [0, 0.05) is 24.7 Å². The molecule has 0 aliphatic carbocycles. The van der Waals surface area contributed by atoms with Gasteiger partial charge in [-0.05, 0) is 37.1 Å². The number of nitrogens with two attached hydrogens (primary N) is 1. The van der Waals surface area contributed by atoms with Crippen LogP contribution in [0.1, 0.15) is 12.8 Å². The number of hydrogen-bond acceptors (Lipinski definition) is 4. The second-order valence-corrected chi connectivity index (χ2v) is 5.43. The number of fused-ring (bicyclic) bond motifs is 3. The minimum Gasteiger partial charge on any atom is -0.396 e. The molecule has 0 spiro atoms. The number of nitrogen functional groups attached to an aromatic ring is 1. The second kappa shape index (κ2) is 4.10. The zero-order chi connectivity index (χ0) is 12.8. The van der Waals surface area contributed by atoms with Crippen molar-refractivity contribution < 1.29 is 4.74 Å². The summed E-state index contributed by atoms with van der Waals surface area (Å²) in [5, 5.41) is 1.04. The Balaban J connectivity index is 1.77. The molecule has 4 nitrogen and oxygen atoms in total. The van der Waals surface area contributed by atoms with Crippen molar-refractivity contribution >= 4 is 22.3 Å². The van der Waals surface area contributed by atoms with E-state index in [-0.39, 0.29) is 0 Å². The number of aromatic nitrogens is 1. The van der Waals surface area contributed by atoms with E-state index in [1.54, 1.807) is 6.20 Å². The molecule has 0 radical (unpaired) electrons. The topological polar surface area (TPSA) is 51.4 Å². The lowest BCUT2D eigenvalue weighted by Gasteiger charge is -2.34. The van der Waals surface area contributed by atoms with Crippen molar-refractivity contribution in [3.05, 3.63) is 30.5 Å². The van der Waals surface area contributed by atoms with E-state index in [0.29, 0.717) is 12.2 Å². The maximum Gasteiger partial charge on any atom is 0.0755 e. The normalized spacial score (nSPS) is 26.0. The van der Waals surface area contributed by atoms with Gasteiger partial charge in [0.25, 0.3) is 0 Å². The lowest BCUT2D eigenvalue weighted by molar-refractivity contribution is 0.0305. The number of pyridine rings is 1. The number of hydrogen-bond donors (Lipinski definition) is 1. The number of benzene rings is 1. The molecule has 2 saturated heterocycles. The van der Waals surface area contributed by atoms with Gasteiger partial charge in [-0.3, -0.25) is 4.98 Å². The van der Waals surface area contributed by atoms with Gasteiger partial charge < -0.3 is 15.4 Å². The molecule has 2 aromatic rings. The molecule has 0 amide bonds. The Hall–Kier alpha value is -1.81. The van der Waals surface area contributed by atoms with Crippen molar-refractivity contribution in [3.8, 4) is 0 Å². The molecule has 1 aromatic heterocycles. The fourth-order valence-electron chi connectivity index (χ4n) is 3.25. The average molecular weight is 255 g/mol. The van der Waals surface area contributed by atoms with Gasteiger partial charge in [0.2, 0.25) is 0 Å². The first-order chi connectivity index (χ1) is 9.31. The quantitative estimate of drug-likeness (QED) is 0.794. The summed E-state index contributed by atoms with van der Waals surface area (Å²) in [6.07, 6.45) is 4.91. The molecule has 3 heterocycles. The van der Waals surface area contributed by atoms with Gasteiger partial charge in [-0.25, -0.2) is 0 Å². The lowest BCUT2D eigenvalue weighted by atomic mass is 10.1. The molecule has 1 aromatic carbocycles. The number of nitrogens with zero attached hydrogens (tertiary/aromatic N) is 2. The summed E-state index contributed by atoms with van der Waals surface area (Å²) >= 11 is 0. The Labute approximate surface area is 112 Å². The van der Waals surface area contributed by atoms with E-state index in [2.05, 4.69) is 22.0 Å². The highest BCUT2D eigenvalue weighted by Gasteiger charge is 2.34. The Morgan fingerprint density at radius 2 is 1.95 bits per heavy atom. The fraction of sp³-hybridized carbons (Fsp3) is 0.400. The number of ether oxygens (including phenoxy) is 1. The summed E-state index contributed by atoms with van der Waals surface area (Å²) in [7, 11) is 0. The molecule has 2 unspecified atom stereocenters. The molecule has 4 rings (SSSR count). The van der Waals surface area contributed by atoms with Crippen molar-refractivity contribution in [2.45, 2.75) is 25.0 Å².